The monoisotopic (exact) mass is 302 g/mol. The van der Waals surface area contributed by atoms with E-state index in [-0.39, 0.29) is 0 Å². The van der Waals surface area contributed by atoms with Crippen molar-refractivity contribution in [3.63, 3.8) is 0 Å². The van der Waals surface area contributed by atoms with Crippen molar-refractivity contribution < 1.29 is 52.7 Å². The molecule has 0 bridgehead atoms. The molecule has 0 fully saturated rings. The van der Waals surface area contributed by atoms with Crippen LogP contribution in [0.15, 0.2) is 0 Å². The van der Waals surface area contributed by atoms with E-state index in [1.807, 2.05) is 0 Å². The first-order valence-electron chi connectivity index (χ1n) is 3.74. The molecule has 0 spiro atoms. The van der Waals surface area contributed by atoms with Gasteiger partial charge in [0.2, 0.25) is 6.17 Å². The van der Waals surface area contributed by atoms with Crippen molar-refractivity contribution in [3.05, 3.63) is 0 Å². The average molecular weight is 302 g/mol. The molecule has 0 heterocycles. The van der Waals surface area contributed by atoms with Gasteiger partial charge in [-0.3, -0.25) is 0 Å². The fraction of sp³-hybridized carbons (Fsp3) is 1.00. The molecule has 0 radical (unpaired) electrons. The third-order valence-electron chi connectivity index (χ3n) is 1.77. The van der Waals surface area contributed by atoms with Crippen molar-refractivity contribution in [2.24, 2.45) is 0 Å². The third kappa shape index (κ3) is 2.76. The minimum atomic E-state index is -7.10. The van der Waals surface area contributed by atoms with Crippen molar-refractivity contribution in [1.82, 2.24) is 0 Å². The number of hydrogen-bond acceptors (Lipinski definition) is 0. The zero-order valence-corrected chi connectivity index (χ0v) is 7.69. The van der Waals surface area contributed by atoms with Crippen LogP contribution in [0.25, 0.3) is 0 Å². The minimum absolute atomic E-state index is 5.27. The standard InChI is InChI=1S/C6H2F12/c7-1(2(8)4(10,11)12)3(9,5(13,14)15)6(16,17)18/h1-2H. The Balaban J connectivity index is 5.66. The summed E-state index contributed by atoms with van der Waals surface area (Å²) in [5.41, 5.74) is -6.95. The first kappa shape index (κ1) is 17.2. The average Bonchev–Trinajstić information content (AvgIpc) is 2.08. The van der Waals surface area contributed by atoms with Crippen molar-refractivity contribution in [2.45, 2.75) is 36.5 Å². The molecule has 2 unspecified atom stereocenters. The molecule has 0 saturated heterocycles. The zero-order valence-electron chi connectivity index (χ0n) is 7.69. The van der Waals surface area contributed by atoms with E-state index in [1.54, 1.807) is 0 Å². The summed E-state index contributed by atoms with van der Waals surface area (Å²) in [5, 5.41) is 0. The fourth-order valence-electron chi connectivity index (χ4n) is 0.841. The molecule has 0 aliphatic heterocycles. The van der Waals surface area contributed by atoms with Gasteiger partial charge in [-0.25, -0.2) is 13.2 Å². The zero-order chi connectivity index (χ0) is 15.2. The number of alkyl halides is 12. The Labute approximate surface area is 90.6 Å². The van der Waals surface area contributed by atoms with E-state index in [9.17, 15) is 52.7 Å². The number of hydrogen-bond donors (Lipinski definition) is 0. The van der Waals surface area contributed by atoms with E-state index >= 15 is 0 Å². The predicted molar refractivity (Wildman–Crippen MR) is 31.8 cm³/mol. The molecule has 0 N–H and O–H groups in total. The van der Waals surface area contributed by atoms with Crippen molar-refractivity contribution in [1.29, 1.82) is 0 Å². The van der Waals surface area contributed by atoms with Gasteiger partial charge in [-0.1, -0.05) is 0 Å². The van der Waals surface area contributed by atoms with Gasteiger partial charge in [-0.2, -0.15) is 39.5 Å². The molecule has 0 amide bonds. The highest BCUT2D eigenvalue weighted by Gasteiger charge is 2.80. The van der Waals surface area contributed by atoms with Gasteiger partial charge in [-0.05, 0) is 0 Å². The molecule has 0 aromatic heterocycles. The summed E-state index contributed by atoms with van der Waals surface area (Å²) >= 11 is 0. The van der Waals surface area contributed by atoms with Crippen LogP contribution in [0.2, 0.25) is 0 Å². The Kier molecular flexibility index (Phi) is 4.16. The summed E-state index contributed by atoms with van der Waals surface area (Å²) in [5.74, 6) is 0. The van der Waals surface area contributed by atoms with Gasteiger partial charge in [0.1, 0.15) is 0 Å². The van der Waals surface area contributed by atoms with E-state index in [1.165, 1.54) is 0 Å². The van der Waals surface area contributed by atoms with Gasteiger partial charge < -0.3 is 0 Å². The third-order valence-corrected chi connectivity index (χ3v) is 1.77. The summed E-state index contributed by atoms with van der Waals surface area (Å²) in [6.07, 6.45) is -31.4. The van der Waals surface area contributed by atoms with Crippen LogP contribution in [0.5, 0.6) is 0 Å². The highest BCUT2D eigenvalue weighted by molar-refractivity contribution is 5.04. The normalized spacial score (nSPS) is 18.7. The Morgan fingerprint density at radius 1 is 0.500 bits per heavy atom. The van der Waals surface area contributed by atoms with Crippen LogP contribution < -0.4 is 0 Å². The predicted octanol–water partition coefficient (Wildman–Crippen LogP) is 4.06. The molecule has 0 aliphatic rings. The molecule has 0 aromatic carbocycles. The van der Waals surface area contributed by atoms with Gasteiger partial charge in [0.25, 0.3) is 0 Å². The summed E-state index contributed by atoms with van der Waals surface area (Å²) in [4.78, 5) is 0. The van der Waals surface area contributed by atoms with Gasteiger partial charge in [0, 0.05) is 0 Å². The summed E-state index contributed by atoms with van der Waals surface area (Å²) in [6, 6.07) is 0. The van der Waals surface area contributed by atoms with Crippen LogP contribution in [0, 0.1) is 0 Å². The highest BCUT2D eigenvalue weighted by Crippen LogP contribution is 2.51. The molecular weight excluding hydrogens is 300 g/mol. The quantitative estimate of drug-likeness (QED) is 0.675. The summed E-state index contributed by atoms with van der Waals surface area (Å²) in [7, 11) is 0. The lowest BCUT2D eigenvalue weighted by Gasteiger charge is -2.34. The van der Waals surface area contributed by atoms with Crippen LogP contribution in [-0.2, 0) is 0 Å². The van der Waals surface area contributed by atoms with Gasteiger partial charge in [0.05, 0.1) is 0 Å². The minimum Gasteiger partial charge on any atom is -0.240 e. The molecule has 0 rings (SSSR count). The summed E-state index contributed by atoms with van der Waals surface area (Å²) < 4.78 is 142. The Bertz CT molecular complexity index is 266. The van der Waals surface area contributed by atoms with Gasteiger partial charge >= 0.3 is 24.2 Å². The molecule has 0 aliphatic carbocycles. The van der Waals surface area contributed by atoms with Crippen molar-refractivity contribution >= 4 is 0 Å². The molecule has 2 atom stereocenters. The van der Waals surface area contributed by atoms with E-state index in [0.717, 1.165) is 0 Å². The molecule has 12 heteroatoms. The van der Waals surface area contributed by atoms with Crippen LogP contribution in [-0.4, -0.2) is 36.5 Å². The maximum Gasteiger partial charge on any atom is 0.434 e. The Morgan fingerprint density at radius 3 is 0.944 bits per heavy atom. The molecule has 18 heavy (non-hydrogen) atoms. The lowest BCUT2D eigenvalue weighted by Crippen LogP contribution is -2.63. The van der Waals surface area contributed by atoms with Crippen LogP contribution in [0.3, 0.4) is 0 Å². The van der Waals surface area contributed by atoms with Crippen molar-refractivity contribution in [3.8, 4) is 0 Å². The van der Waals surface area contributed by atoms with E-state index in [0.29, 0.717) is 0 Å². The highest BCUT2D eigenvalue weighted by atomic mass is 19.4. The van der Waals surface area contributed by atoms with Gasteiger partial charge in [0.15, 0.2) is 6.17 Å². The molecule has 0 saturated carbocycles. The molecular formula is C6H2F12. The Hall–Kier alpha value is -0.840. The maximum atomic E-state index is 12.6. The first-order chi connectivity index (χ1) is 7.57. The lowest BCUT2D eigenvalue weighted by molar-refractivity contribution is -0.370. The SMILES string of the molecule is FC(C(F)C(F)(C(F)(F)F)C(F)(F)F)C(F)(F)F. The van der Waals surface area contributed by atoms with Crippen LogP contribution in [0.4, 0.5) is 52.7 Å². The second-order valence-corrected chi connectivity index (χ2v) is 3.05. The number of rotatable bonds is 2. The summed E-state index contributed by atoms with van der Waals surface area (Å²) in [6.45, 7) is 0. The van der Waals surface area contributed by atoms with E-state index < -0.39 is 36.5 Å². The Morgan fingerprint density at radius 2 is 0.778 bits per heavy atom. The van der Waals surface area contributed by atoms with E-state index in [4.69, 9.17) is 0 Å². The van der Waals surface area contributed by atoms with Gasteiger partial charge in [-0.15, -0.1) is 0 Å². The van der Waals surface area contributed by atoms with Crippen LogP contribution >= 0.6 is 0 Å². The number of halogens is 12. The second-order valence-electron chi connectivity index (χ2n) is 3.05. The smallest absolute Gasteiger partial charge is 0.240 e. The molecule has 0 aromatic rings. The second kappa shape index (κ2) is 4.37. The topological polar surface area (TPSA) is 0 Å². The first-order valence-corrected chi connectivity index (χ1v) is 3.74. The van der Waals surface area contributed by atoms with Crippen LogP contribution in [0.1, 0.15) is 0 Å². The largest absolute Gasteiger partial charge is 0.434 e. The molecule has 110 valence electrons. The van der Waals surface area contributed by atoms with E-state index in [2.05, 4.69) is 0 Å². The molecule has 0 nitrogen and oxygen atoms in total. The fourth-order valence-corrected chi connectivity index (χ4v) is 0.841. The lowest BCUT2D eigenvalue weighted by atomic mass is 9.94. The maximum absolute atomic E-state index is 12.6. The van der Waals surface area contributed by atoms with Crippen molar-refractivity contribution in [2.75, 3.05) is 0 Å².